The van der Waals surface area contributed by atoms with Crippen LogP contribution in [0.2, 0.25) is 0 Å². The molecule has 1 fully saturated rings. The van der Waals surface area contributed by atoms with E-state index < -0.39 is 0 Å². The molecule has 0 radical (unpaired) electrons. The third-order valence-corrected chi connectivity index (χ3v) is 2.83. The summed E-state index contributed by atoms with van der Waals surface area (Å²) < 4.78 is 5.63. The van der Waals surface area contributed by atoms with E-state index in [0.29, 0.717) is 25.9 Å². The van der Waals surface area contributed by atoms with E-state index in [1.54, 1.807) is 17.3 Å². The molecule has 0 unspecified atom stereocenters. The number of aromatic nitrogens is 1. The summed E-state index contributed by atoms with van der Waals surface area (Å²) in [6, 6.07) is 3.65. The van der Waals surface area contributed by atoms with Crippen LogP contribution in [0.15, 0.2) is 24.5 Å². The molecule has 0 aromatic carbocycles. The van der Waals surface area contributed by atoms with E-state index in [0.717, 1.165) is 5.75 Å². The van der Waals surface area contributed by atoms with Crippen molar-refractivity contribution < 1.29 is 14.3 Å². The lowest BCUT2D eigenvalue weighted by Crippen LogP contribution is -2.56. The highest BCUT2D eigenvalue weighted by Gasteiger charge is 2.31. The minimum atomic E-state index is 0.0243. The van der Waals surface area contributed by atoms with Crippen LogP contribution in [-0.2, 0) is 9.59 Å². The second kappa shape index (κ2) is 5.62. The highest BCUT2D eigenvalue weighted by Crippen LogP contribution is 2.17. The van der Waals surface area contributed by atoms with Crippen LogP contribution in [-0.4, -0.2) is 40.8 Å². The Kier molecular flexibility index (Phi) is 3.92. The Balaban J connectivity index is 1.70. The van der Waals surface area contributed by atoms with Crippen molar-refractivity contribution in [2.75, 3.05) is 13.1 Å². The Morgan fingerprint density at radius 2 is 2.22 bits per heavy atom. The molecule has 5 nitrogen and oxygen atoms in total. The number of hydrogen-bond donors (Lipinski definition) is 0. The molecular weight excluding hydrogens is 232 g/mol. The van der Waals surface area contributed by atoms with Crippen LogP contribution >= 0.6 is 0 Å². The number of carbonyl (C=O) groups excluding carboxylic acids is 2. The van der Waals surface area contributed by atoms with Crippen LogP contribution in [0.5, 0.6) is 5.75 Å². The van der Waals surface area contributed by atoms with E-state index >= 15 is 0 Å². The molecule has 2 heterocycles. The van der Waals surface area contributed by atoms with Gasteiger partial charge >= 0.3 is 0 Å². The van der Waals surface area contributed by atoms with Gasteiger partial charge in [0.15, 0.2) is 0 Å². The number of pyridine rings is 1. The molecule has 96 valence electrons. The summed E-state index contributed by atoms with van der Waals surface area (Å²) in [5.41, 5.74) is 0. The van der Waals surface area contributed by atoms with E-state index in [9.17, 15) is 9.59 Å². The molecule has 1 aromatic heterocycles. The summed E-state index contributed by atoms with van der Waals surface area (Å²) in [7, 11) is 0. The number of amides is 1. The molecule has 0 bridgehead atoms. The van der Waals surface area contributed by atoms with Gasteiger partial charge in [-0.1, -0.05) is 0 Å². The monoisotopic (exact) mass is 248 g/mol. The average molecular weight is 248 g/mol. The number of carbonyl (C=O) groups is 2. The number of nitrogens with zero attached hydrogens (tertiary/aromatic N) is 2. The van der Waals surface area contributed by atoms with Crippen LogP contribution < -0.4 is 4.74 Å². The van der Waals surface area contributed by atoms with Gasteiger partial charge in [-0.25, -0.2) is 0 Å². The molecular formula is C13H16N2O3. The summed E-state index contributed by atoms with van der Waals surface area (Å²) in [4.78, 5) is 28.1. The van der Waals surface area contributed by atoms with Gasteiger partial charge < -0.3 is 14.4 Å². The summed E-state index contributed by atoms with van der Waals surface area (Å²) in [6.07, 6.45) is 4.00. The maximum absolute atomic E-state index is 11.6. The summed E-state index contributed by atoms with van der Waals surface area (Å²) >= 11 is 0. The van der Waals surface area contributed by atoms with Crippen molar-refractivity contribution in [1.82, 2.24) is 9.88 Å². The fraction of sp³-hybridized carbons (Fsp3) is 0.462. The number of Topliss-reactive ketones (excluding diaryl/α,β-unsaturated/α-hetero) is 1. The predicted octanol–water partition coefficient (Wildman–Crippen LogP) is 1.04. The van der Waals surface area contributed by atoms with Gasteiger partial charge in [0, 0.05) is 19.0 Å². The lowest BCUT2D eigenvalue weighted by molar-refractivity contribution is -0.141. The van der Waals surface area contributed by atoms with Crippen LogP contribution in [0.4, 0.5) is 0 Å². The van der Waals surface area contributed by atoms with Gasteiger partial charge in [-0.05, 0) is 19.1 Å². The number of ketones is 1. The molecule has 0 aliphatic carbocycles. The van der Waals surface area contributed by atoms with Crippen molar-refractivity contribution in [2.45, 2.75) is 25.9 Å². The smallest absolute Gasteiger partial charge is 0.223 e. The SMILES string of the molecule is CC(=O)CCC(=O)N1CC(Oc2cccnc2)C1. The maximum Gasteiger partial charge on any atom is 0.223 e. The Hall–Kier alpha value is -1.91. The van der Waals surface area contributed by atoms with Gasteiger partial charge in [0.25, 0.3) is 0 Å². The molecule has 0 saturated carbocycles. The molecule has 0 N–H and O–H groups in total. The zero-order chi connectivity index (χ0) is 13.0. The first-order chi connectivity index (χ1) is 8.65. The second-order valence-electron chi connectivity index (χ2n) is 4.43. The molecule has 1 aliphatic rings. The second-order valence-corrected chi connectivity index (χ2v) is 4.43. The lowest BCUT2D eigenvalue weighted by Gasteiger charge is -2.38. The van der Waals surface area contributed by atoms with Gasteiger partial charge in [0.05, 0.1) is 19.3 Å². The van der Waals surface area contributed by atoms with Crippen LogP contribution in [0, 0.1) is 0 Å². The van der Waals surface area contributed by atoms with Gasteiger partial charge in [-0.3, -0.25) is 9.78 Å². The normalized spacial score (nSPS) is 15.1. The molecule has 0 atom stereocenters. The third-order valence-electron chi connectivity index (χ3n) is 2.83. The number of likely N-dealkylation sites (tertiary alicyclic amines) is 1. The Labute approximate surface area is 106 Å². The van der Waals surface area contributed by atoms with Gasteiger partial charge in [-0.2, -0.15) is 0 Å². The Morgan fingerprint density at radius 1 is 1.44 bits per heavy atom. The first kappa shape index (κ1) is 12.5. The topological polar surface area (TPSA) is 59.5 Å². The van der Waals surface area contributed by atoms with Crippen molar-refractivity contribution >= 4 is 11.7 Å². The van der Waals surface area contributed by atoms with Crippen LogP contribution in [0.25, 0.3) is 0 Å². The molecule has 2 rings (SSSR count). The van der Waals surface area contributed by atoms with Crippen molar-refractivity contribution in [3.8, 4) is 5.75 Å². The van der Waals surface area contributed by atoms with E-state index in [1.165, 1.54) is 6.92 Å². The predicted molar refractivity (Wildman–Crippen MR) is 65.1 cm³/mol. The standard InChI is InChI=1S/C13H16N2O3/c1-10(16)4-5-13(17)15-8-12(9-15)18-11-3-2-6-14-7-11/h2-3,6-7,12H,4-5,8-9H2,1H3. The zero-order valence-electron chi connectivity index (χ0n) is 10.3. The highest BCUT2D eigenvalue weighted by atomic mass is 16.5. The minimum Gasteiger partial charge on any atom is -0.485 e. The molecule has 1 aliphatic heterocycles. The van der Waals surface area contributed by atoms with Gasteiger partial charge in [-0.15, -0.1) is 0 Å². The Morgan fingerprint density at radius 3 is 2.83 bits per heavy atom. The Bertz CT molecular complexity index is 427. The number of hydrogen-bond acceptors (Lipinski definition) is 4. The summed E-state index contributed by atoms with van der Waals surface area (Å²) in [5, 5.41) is 0. The molecule has 1 amide bonds. The molecule has 18 heavy (non-hydrogen) atoms. The van der Waals surface area contributed by atoms with E-state index in [2.05, 4.69) is 4.98 Å². The van der Waals surface area contributed by atoms with Crippen molar-refractivity contribution in [3.05, 3.63) is 24.5 Å². The van der Waals surface area contributed by atoms with Crippen molar-refractivity contribution in [2.24, 2.45) is 0 Å². The quantitative estimate of drug-likeness (QED) is 0.781. The zero-order valence-corrected chi connectivity index (χ0v) is 10.3. The third kappa shape index (κ3) is 3.29. The van der Waals surface area contributed by atoms with E-state index in [4.69, 9.17) is 4.74 Å². The maximum atomic E-state index is 11.6. The fourth-order valence-corrected chi connectivity index (χ4v) is 1.77. The first-order valence-corrected chi connectivity index (χ1v) is 5.99. The molecule has 0 spiro atoms. The molecule has 5 heteroatoms. The molecule has 1 saturated heterocycles. The minimum absolute atomic E-state index is 0.0243. The average Bonchev–Trinajstić information content (AvgIpc) is 2.31. The first-order valence-electron chi connectivity index (χ1n) is 5.99. The number of ether oxygens (including phenoxy) is 1. The van der Waals surface area contributed by atoms with Gasteiger partial charge in [0.2, 0.25) is 5.91 Å². The van der Waals surface area contributed by atoms with Crippen molar-refractivity contribution in [3.63, 3.8) is 0 Å². The highest BCUT2D eigenvalue weighted by molar-refractivity contribution is 5.84. The van der Waals surface area contributed by atoms with E-state index in [1.807, 2.05) is 12.1 Å². The fourth-order valence-electron chi connectivity index (χ4n) is 1.77. The van der Waals surface area contributed by atoms with E-state index in [-0.39, 0.29) is 17.8 Å². The van der Waals surface area contributed by atoms with Gasteiger partial charge in [0.1, 0.15) is 17.6 Å². The van der Waals surface area contributed by atoms with Crippen molar-refractivity contribution in [1.29, 1.82) is 0 Å². The van der Waals surface area contributed by atoms with Crippen LogP contribution in [0.3, 0.4) is 0 Å². The number of rotatable bonds is 5. The summed E-state index contributed by atoms with van der Waals surface area (Å²) in [6.45, 7) is 2.68. The largest absolute Gasteiger partial charge is 0.485 e. The van der Waals surface area contributed by atoms with Crippen LogP contribution in [0.1, 0.15) is 19.8 Å². The summed E-state index contributed by atoms with van der Waals surface area (Å²) in [5.74, 6) is 0.793. The molecule has 1 aromatic rings. The lowest BCUT2D eigenvalue weighted by atomic mass is 10.1.